The number of hydrogen-bond acceptors (Lipinski definition) is 4. The number of carboxylic acid groups (broad SMARTS) is 1. The van der Waals surface area contributed by atoms with E-state index >= 15 is 0 Å². The van der Waals surface area contributed by atoms with Gasteiger partial charge in [0.05, 0.1) is 0 Å². The first-order valence-electron chi connectivity index (χ1n) is 5.71. The van der Waals surface area contributed by atoms with E-state index in [0.717, 1.165) is 32.4 Å². The quantitative estimate of drug-likeness (QED) is 0.758. The van der Waals surface area contributed by atoms with Crippen molar-refractivity contribution in [2.24, 2.45) is 0 Å². The van der Waals surface area contributed by atoms with Crippen molar-refractivity contribution in [1.82, 2.24) is 15.0 Å². The minimum atomic E-state index is -0.979. The highest BCUT2D eigenvalue weighted by Gasteiger charge is 2.34. The summed E-state index contributed by atoms with van der Waals surface area (Å²) in [7, 11) is 0. The zero-order valence-corrected chi connectivity index (χ0v) is 8.96. The number of carbonyl (C=O) groups is 1. The average molecular weight is 222 g/mol. The van der Waals surface area contributed by atoms with E-state index < -0.39 is 5.97 Å². The van der Waals surface area contributed by atoms with Gasteiger partial charge >= 0.3 is 5.97 Å². The zero-order valence-electron chi connectivity index (χ0n) is 8.96. The van der Waals surface area contributed by atoms with Crippen molar-refractivity contribution in [3.8, 4) is 0 Å². The van der Waals surface area contributed by atoms with Gasteiger partial charge in [-0.05, 0) is 25.7 Å². The first-order valence-corrected chi connectivity index (χ1v) is 5.71. The largest absolute Gasteiger partial charge is 0.476 e. The van der Waals surface area contributed by atoms with E-state index in [-0.39, 0.29) is 5.69 Å². The van der Waals surface area contributed by atoms with Crippen LogP contribution in [0.5, 0.6) is 0 Å². The van der Waals surface area contributed by atoms with Gasteiger partial charge in [0.15, 0.2) is 5.82 Å². The molecule has 0 bridgehead atoms. The summed E-state index contributed by atoms with van der Waals surface area (Å²) in [6, 6.07) is 0.484. The van der Waals surface area contributed by atoms with Gasteiger partial charge in [0.1, 0.15) is 0 Å². The Morgan fingerprint density at radius 3 is 3.00 bits per heavy atom. The number of aryl methyl sites for hydroxylation is 1. The molecule has 2 aliphatic rings. The molecule has 0 saturated carbocycles. The van der Waals surface area contributed by atoms with Crippen LogP contribution in [0.1, 0.15) is 36.2 Å². The lowest BCUT2D eigenvalue weighted by molar-refractivity contribution is 0.0690. The van der Waals surface area contributed by atoms with Crippen LogP contribution in [0.25, 0.3) is 0 Å². The van der Waals surface area contributed by atoms with Crippen molar-refractivity contribution in [2.75, 3.05) is 11.4 Å². The number of aromatic nitrogens is 3. The third-order valence-electron chi connectivity index (χ3n) is 3.48. The SMILES string of the molecule is O=C(O)c1nnn2c1N1CCCCC1CC2. The van der Waals surface area contributed by atoms with Crippen LogP contribution >= 0.6 is 0 Å². The normalized spacial score (nSPS) is 23.8. The van der Waals surface area contributed by atoms with Gasteiger partial charge in [0, 0.05) is 19.1 Å². The van der Waals surface area contributed by atoms with Gasteiger partial charge in [-0.2, -0.15) is 0 Å². The summed E-state index contributed by atoms with van der Waals surface area (Å²) >= 11 is 0. The van der Waals surface area contributed by atoms with Gasteiger partial charge in [-0.3, -0.25) is 0 Å². The number of piperidine rings is 1. The number of hydrogen-bond donors (Lipinski definition) is 1. The number of fused-ring (bicyclic) bond motifs is 3. The second-order valence-corrected chi connectivity index (χ2v) is 4.42. The average Bonchev–Trinajstić information content (AvgIpc) is 2.73. The fourth-order valence-electron chi connectivity index (χ4n) is 2.73. The lowest BCUT2D eigenvalue weighted by Gasteiger charge is -2.40. The lowest BCUT2D eigenvalue weighted by atomic mass is 9.97. The maximum Gasteiger partial charge on any atom is 0.360 e. The van der Waals surface area contributed by atoms with Crippen LogP contribution in [-0.4, -0.2) is 38.7 Å². The molecule has 6 heteroatoms. The Labute approximate surface area is 92.9 Å². The molecule has 2 aliphatic heterocycles. The molecule has 3 rings (SSSR count). The Balaban J connectivity index is 2.04. The number of anilines is 1. The highest BCUT2D eigenvalue weighted by Crippen LogP contribution is 2.32. The van der Waals surface area contributed by atoms with Crippen LogP contribution in [0.4, 0.5) is 5.82 Å². The number of nitrogens with zero attached hydrogens (tertiary/aromatic N) is 4. The molecule has 3 heterocycles. The smallest absolute Gasteiger partial charge is 0.360 e. The summed E-state index contributed by atoms with van der Waals surface area (Å²) in [4.78, 5) is 13.2. The van der Waals surface area contributed by atoms with Gasteiger partial charge < -0.3 is 10.0 Å². The Bertz CT molecular complexity index is 428. The summed E-state index contributed by atoms with van der Waals surface area (Å²) in [6.07, 6.45) is 4.57. The summed E-state index contributed by atoms with van der Waals surface area (Å²) in [5.74, 6) is -0.268. The molecule has 0 amide bonds. The van der Waals surface area contributed by atoms with Gasteiger partial charge in [-0.15, -0.1) is 5.10 Å². The van der Waals surface area contributed by atoms with Crippen molar-refractivity contribution in [3.63, 3.8) is 0 Å². The van der Waals surface area contributed by atoms with Gasteiger partial charge in [-0.25, -0.2) is 9.48 Å². The molecule has 86 valence electrons. The fraction of sp³-hybridized carbons (Fsp3) is 0.700. The monoisotopic (exact) mass is 222 g/mol. The molecule has 6 nitrogen and oxygen atoms in total. The van der Waals surface area contributed by atoms with Crippen molar-refractivity contribution < 1.29 is 9.90 Å². The molecule has 0 spiro atoms. The molecule has 1 atom stereocenters. The summed E-state index contributed by atoms with van der Waals surface area (Å²) in [5.41, 5.74) is 0.103. The third kappa shape index (κ3) is 1.29. The van der Waals surface area contributed by atoms with E-state index in [1.165, 1.54) is 6.42 Å². The molecule has 1 aromatic rings. The van der Waals surface area contributed by atoms with Crippen molar-refractivity contribution in [2.45, 2.75) is 38.3 Å². The van der Waals surface area contributed by atoms with Crippen LogP contribution in [0.2, 0.25) is 0 Å². The van der Waals surface area contributed by atoms with Crippen LogP contribution in [-0.2, 0) is 6.54 Å². The molecule has 1 saturated heterocycles. The number of aromatic carboxylic acids is 1. The molecule has 1 fully saturated rings. The highest BCUT2D eigenvalue weighted by atomic mass is 16.4. The van der Waals surface area contributed by atoms with E-state index in [0.29, 0.717) is 11.9 Å². The van der Waals surface area contributed by atoms with E-state index in [2.05, 4.69) is 15.2 Å². The molecule has 1 aromatic heterocycles. The second kappa shape index (κ2) is 3.47. The minimum absolute atomic E-state index is 0.103. The fourth-order valence-corrected chi connectivity index (χ4v) is 2.73. The summed E-state index contributed by atoms with van der Waals surface area (Å²) < 4.78 is 1.73. The van der Waals surface area contributed by atoms with E-state index in [9.17, 15) is 4.79 Å². The minimum Gasteiger partial charge on any atom is -0.476 e. The predicted octanol–water partition coefficient (Wildman–Crippen LogP) is 0.739. The summed E-state index contributed by atoms with van der Waals surface area (Å²) in [6.45, 7) is 1.72. The molecular formula is C10H14N4O2. The van der Waals surface area contributed by atoms with E-state index in [1.807, 2.05) is 0 Å². The molecule has 1 N–H and O–H groups in total. The summed E-state index contributed by atoms with van der Waals surface area (Å²) in [5, 5.41) is 16.8. The third-order valence-corrected chi connectivity index (χ3v) is 3.48. The number of rotatable bonds is 1. The number of carboxylic acids is 1. The molecule has 0 aromatic carbocycles. The predicted molar refractivity (Wildman–Crippen MR) is 56.6 cm³/mol. The maximum atomic E-state index is 11.1. The van der Waals surface area contributed by atoms with Crippen LogP contribution < -0.4 is 4.90 Å². The van der Waals surface area contributed by atoms with E-state index in [1.54, 1.807) is 4.68 Å². The molecule has 0 aliphatic carbocycles. The highest BCUT2D eigenvalue weighted by molar-refractivity contribution is 5.91. The Morgan fingerprint density at radius 1 is 1.31 bits per heavy atom. The Morgan fingerprint density at radius 2 is 2.19 bits per heavy atom. The van der Waals surface area contributed by atoms with Crippen LogP contribution in [0.3, 0.4) is 0 Å². The first kappa shape index (κ1) is 9.62. The topological polar surface area (TPSA) is 71.2 Å². The van der Waals surface area contributed by atoms with Crippen molar-refractivity contribution in [3.05, 3.63) is 5.69 Å². The lowest BCUT2D eigenvalue weighted by Crippen LogP contribution is -2.45. The second-order valence-electron chi connectivity index (χ2n) is 4.42. The molecular weight excluding hydrogens is 208 g/mol. The van der Waals surface area contributed by atoms with Crippen molar-refractivity contribution in [1.29, 1.82) is 0 Å². The zero-order chi connectivity index (χ0) is 11.1. The standard InChI is InChI=1S/C10H14N4O2/c15-10(16)8-9-13-5-2-1-3-7(13)4-6-14(9)12-11-8/h7H,1-6H2,(H,15,16). The van der Waals surface area contributed by atoms with Crippen LogP contribution in [0, 0.1) is 0 Å². The molecule has 16 heavy (non-hydrogen) atoms. The first-order chi connectivity index (χ1) is 7.77. The van der Waals surface area contributed by atoms with Gasteiger partial charge in [0.25, 0.3) is 0 Å². The molecule has 1 unspecified atom stereocenters. The van der Waals surface area contributed by atoms with Gasteiger partial charge in [-0.1, -0.05) is 5.21 Å². The van der Waals surface area contributed by atoms with E-state index in [4.69, 9.17) is 5.11 Å². The van der Waals surface area contributed by atoms with Crippen molar-refractivity contribution >= 4 is 11.8 Å². The van der Waals surface area contributed by atoms with Gasteiger partial charge in [0.2, 0.25) is 5.69 Å². The Kier molecular flexibility index (Phi) is 2.08. The maximum absolute atomic E-state index is 11.1. The Hall–Kier alpha value is -1.59. The van der Waals surface area contributed by atoms with Crippen LogP contribution in [0.15, 0.2) is 0 Å². The molecule has 0 radical (unpaired) electrons.